The maximum Gasteiger partial charge on any atom is 0.236 e. The number of ether oxygens (including phenoxy) is 1. The van der Waals surface area contributed by atoms with Crippen LogP contribution in [-0.2, 0) is 14.3 Å². The van der Waals surface area contributed by atoms with Gasteiger partial charge in [0.15, 0.2) is 0 Å². The molecule has 2 saturated heterocycles. The molecule has 0 radical (unpaired) electrons. The second kappa shape index (κ2) is 9.18. The predicted octanol–water partition coefficient (Wildman–Crippen LogP) is 1.74. The lowest BCUT2D eigenvalue weighted by Gasteiger charge is -2.35. The van der Waals surface area contributed by atoms with E-state index in [4.69, 9.17) is 4.74 Å². The van der Waals surface area contributed by atoms with Crippen molar-refractivity contribution in [2.45, 2.75) is 51.9 Å². The number of carbonyl (C=O) groups is 2. The lowest BCUT2D eigenvalue weighted by atomic mass is 9.73. The smallest absolute Gasteiger partial charge is 0.236 e. The fourth-order valence-electron chi connectivity index (χ4n) is 4.54. The Kier molecular flexibility index (Phi) is 6.92. The van der Waals surface area contributed by atoms with Gasteiger partial charge in [-0.05, 0) is 24.7 Å². The zero-order valence-electron chi connectivity index (χ0n) is 16.4. The Hall–Kier alpha value is -1.14. The molecule has 0 atom stereocenters. The second-order valence-corrected chi connectivity index (χ2v) is 8.55. The lowest BCUT2D eigenvalue weighted by Crippen LogP contribution is -2.46. The molecule has 0 aromatic heterocycles. The predicted molar refractivity (Wildman–Crippen MR) is 101 cm³/mol. The molecular weight excluding hydrogens is 330 g/mol. The van der Waals surface area contributed by atoms with Crippen molar-refractivity contribution in [3.8, 4) is 0 Å². The van der Waals surface area contributed by atoms with Crippen LogP contribution >= 0.6 is 0 Å². The van der Waals surface area contributed by atoms with Gasteiger partial charge in [-0.25, -0.2) is 0 Å². The number of carbonyl (C=O) groups excluding carboxylic acids is 2. The standard InChI is InChI=1S/C20H35N3O3/c1-20(6-3-2-4-7-20)16-18(24)22-9-5-8-21(10-11-22)17-19(25)23-12-14-26-15-13-23/h2-17H2,1H3. The SMILES string of the molecule is CC1(CC(=O)N2CCCN(CC(=O)N3CCOCC3)CC2)CCCCC1. The van der Waals surface area contributed by atoms with E-state index < -0.39 is 0 Å². The summed E-state index contributed by atoms with van der Waals surface area (Å²) in [4.78, 5) is 31.4. The van der Waals surface area contributed by atoms with Crippen molar-refractivity contribution in [1.82, 2.24) is 14.7 Å². The Morgan fingerprint density at radius 1 is 0.808 bits per heavy atom. The van der Waals surface area contributed by atoms with E-state index in [9.17, 15) is 9.59 Å². The van der Waals surface area contributed by atoms with Crippen molar-refractivity contribution in [3.05, 3.63) is 0 Å². The quantitative estimate of drug-likeness (QED) is 0.762. The van der Waals surface area contributed by atoms with E-state index >= 15 is 0 Å². The van der Waals surface area contributed by atoms with Crippen molar-refractivity contribution < 1.29 is 14.3 Å². The van der Waals surface area contributed by atoms with Crippen LogP contribution in [0, 0.1) is 5.41 Å². The third kappa shape index (κ3) is 5.43. The van der Waals surface area contributed by atoms with Gasteiger partial charge in [-0.1, -0.05) is 26.2 Å². The fraction of sp³-hybridized carbons (Fsp3) is 0.900. The number of hydrogen-bond donors (Lipinski definition) is 0. The molecule has 0 aromatic rings. The summed E-state index contributed by atoms with van der Waals surface area (Å²) in [5.74, 6) is 0.513. The molecule has 2 aliphatic heterocycles. The van der Waals surface area contributed by atoms with Gasteiger partial charge < -0.3 is 14.5 Å². The lowest BCUT2D eigenvalue weighted by molar-refractivity contribution is -0.136. The van der Waals surface area contributed by atoms with Crippen LogP contribution in [0.1, 0.15) is 51.9 Å². The monoisotopic (exact) mass is 365 g/mol. The van der Waals surface area contributed by atoms with E-state index in [2.05, 4.69) is 11.8 Å². The van der Waals surface area contributed by atoms with E-state index in [0.29, 0.717) is 45.2 Å². The van der Waals surface area contributed by atoms with Crippen LogP contribution in [0.4, 0.5) is 0 Å². The van der Waals surface area contributed by atoms with Crippen LogP contribution in [0.25, 0.3) is 0 Å². The summed E-state index contributed by atoms with van der Waals surface area (Å²) in [6, 6.07) is 0. The Labute approximate surface area is 157 Å². The van der Waals surface area contributed by atoms with Crippen LogP contribution in [-0.4, -0.2) is 85.5 Å². The van der Waals surface area contributed by atoms with Gasteiger partial charge in [0.2, 0.25) is 11.8 Å². The van der Waals surface area contributed by atoms with Crippen LogP contribution in [0.3, 0.4) is 0 Å². The van der Waals surface area contributed by atoms with Gasteiger partial charge >= 0.3 is 0 Å². The highest BCUT2D eigenvalue weighted by Gasteiger charge is 2.32. The zero-order valence-corrected chi connectivity index (χ0v) is 16.4. The van der Waals surface area contributed by atoms with Crippen LogP contribution < -0.4 is 0 Å². The number of rotatable bonds is 4. The van der Waals surface area contributed by atoms with Gasteiger partial charge in [0.05, 0.1) is 19.8 Å². The van der Waals surface area contributed by atoms with E-state index in [1.54, 1.807) is 0 Å². The van der Waals surface area contributed by atoms with Crippen LogP contribution in [0.15, 0.2) is 0 Å². The molecule has 3 fully saturated rings. The molecule has 6 heteroatoms. The Balaban J connectivity index is 1.45. The molecule has 0 spiro atoms. The minimum Gasteiger partial charge on any atom is -0.378 e. The first-order valence-electron chi connectivity index (χ1n) is 10.4. The van der Waals surface area contributed by atoms with Gasteiger partial charge in [0, 0.05) is 45.7 Å². The molecule has 0 aromatic carbocycles. The van der Waals surface area contributed by atoms with E-state index in [1.807, 2.05) is 9.80 Å². The number of nitrogens with zero attached hydrogens (tertiary/aromatic N) is 3. The summed E-state index contributed by atoms with van der Waals surface area (Å²) in [6.07, 6.45) is 7.88. The van der Waals surface area contributed by atoms with Gasteiger partial charge in [-0.2, -0.15) is 0 Å². The minimum atomic E-state index is 0.197. The Bertz CT molecular complexity index is 485. The molecule has 0 bridgehead atoms. The topological polar surface area (TPSA) is 53.1 Å². The highest BCUT2D eigenvalue weighted by atomic mass is 16.5. The van der Waals surface area contributed by atoms with E-state index in [-0.39, 0.29) is 11.3 Å². The average molecular weight is 366 g/mol. The number of hydrogen-bond acceptors (Lipinski definition) is 4. The van der Waals surface area contributed by atoms with Gasteiger partial charge in [0.25, 0.3) is 0 Å². The van der Waals surface area contributed by atoms with Gasteiger partial charge in [-0.15, -0.1) is 0 Å². The molecule has 6 nitrogen and oxygen atoms in total. The molecule has 0 unspecified atom stereocenters. The van der Waals surface area contributed by atoms with E-state index in [1.165, 1.54) is 32.1 Å². The first-order chi connectivity index (χ1) is 12.6. The number of morpholine rings is 1. The maximum atomic E-state index is 12.8. The van der Waals surface area contributed by atoms with Crippen molar-refractivity contribution in [2.24, 2.45) is 5.41 Å². The van der Waals surface area contributed by atoms with Crippen molar-refractivity contribution >= 4 is 11.8 Å². The summed E-state index contributed by atoms with van der Waals surface area (Å²) in [6.45, 7) is 8.75. The third-order valence-corrected chi connectivity index (χ3v) is 6.30. The molecule has 26 heavy (non-hydrogen) atoms. The third-order valence-electron chi connectivity index (χ3n) is 6.30. The molecule has 3 rings (SSSR count). The summed E-state index contributed by atoms with van der Waals surface area (Å²) < 4.78 is 5.32. The van der Waals surface area contributed by atoms with Gasteiger partial charge in [-0.3, -0.25) is 14.5 Å². The summed E-state index contributed by atoms with van der Waals surface area (Å²) in [5.41, 5.74) is 0.202. The molecule has 1 saturated carbocycles. The normalized spacial score (nSPS) is 25.0. The van der Waals surface area contributed by atoms with Gasteiger partial charge in [0.1, 0.15) is 0 Å². The summed E-state index contributed by atoms with van der Waals surface area (Å²) in [7, 11) is 0. The fourth-order valence-corrected chi connectivity index (χ4v) is 4.54. The Morgan fingerprint density at radius 3 is 2.23 bits per heavy atom. The average Bonchev–Trinajstić information content (AvgIpc) is 2.88. The van der Waals surface area contributed by atoms with Crippen LogP contribution in [0.2, 0.25) is 0 Å². The largest absolute Gasteiger partial charge is 0.378 e. The second-order valence-electron chi connectivity index (χ2n) is 8.55. The van der Waals surface area contributed by atoms with Crippen LogP contribution in [0.5, 0.6) is 0 Å². The summed E-state index contributed by atoms with van der Waals surface area (Å²) >= 11 is 0. The molecule has 148 valence electrons. The van der Waals surface area contributed by atoms with Crippen molar-refractivity contribution in [3.63, 3.8) is 0 Å². The Morgan fingerprint density at radius 2 is 1.50 bits per heavy atom. The maximum absolute atomic E-state index is 12.8. The van der Waals surface area contributed by atoms with Crippen molar-refractivity contribution in [2.75, 3.05) is 59.0 Å². The molecule has 1 aliphatic carbocycles. The van der Waals surface area contributed by atoms with Crippen molar-refractivity contribution in [1.29, 1.82) is 0 Å². The first kappa shape index (κ1) is 19.6. The molecular formula is C20H35N3O3. The number of amides is 2. The zero-order chi connectivity index (χ0) is 18.4. The molecule has 0 N–H and O–H groups in total. The molecule has 3 aliphatic rings. The minimum absolute atomic E-state index is 0.197. The highest BCUT2D eigenvalue weighted by molar-refractivity contribution is 5.78. The molecule has 2 heterocycles. The highest BCUT2D eigenvalue weighted by Crippen LogP contribution is 2.39. The summed E-state index contributed by atoms with van der Waals surface area (Å²) in [5, 5.41) is 0. The first-order valence-corrected chi connectivity index (χ1v) is 10.4. The molecule has 2 amide bonds. The van der Waals surface area contributed by atoms with E-state index in [0.717, 1.165) is 32.6 Å².